The van der Waals surface area contributed by atoms with Crippen molar-refractivity contribution in [3.8, 4) is 0 Å². The number of ether oxygens (including phenoxy) is 1. The monoisotopic (exact) mass is 422 g/mol. The van der Waals surface area contributed by atoms with Gasteiger partial charge in [-0.1, -0.05) is 45.9 Å². The summed E-state index contributed by atoms with van der Waals surface area (Å²) >= 11 is 0. The lowest BCUT2D eigenvalue weighted by molar-refractivity contribution is -0.119. The summed E-state index contributed by atoms with van der Waals surface area (Å²) in [6.07, 6.45) is 1.40. The predicted molar refractivity (Wildman–Crippen MR) is 122 cm³/mol. The molecule has 6 heteroatoms. The third-order valence-electron chi connectivity index (χ3n) is 5.46. The first-order valence-electron chi connectivity index (χ1n) is 10.8. The quantitative estimate of drug-likeness (QED) is 0.647. The smallest absolute Gasteiger partial charge is 0.338 e. The second-order valence-corrected chi connectivity index (χ2v) is 8.44. The Morgan fingerprint density at radius 2 is 1.61 bits per heavy atom. The summed E-state index contributed by atoms with van der Waals surface area (Å²) in [6.45, 7) is 8.64. The van der Waals surface area contributed by atoms with E-state index >= 15 is 0 Å². The molecule has 1 aliphatic heterocycles. The van der Waals surface area contributed by atoms with E-state index < -0.39 is 5.97 Å². The number of benzene rings is 2. The maximum absolute atomic E-state index is 12.5. The van der Waals surface area contributed by atoms with E-state index in [1.165, 1.54) is 0 Å². The standard InChI is InChI=1S/C25H30N2O4/c1-16(2)20-7-5-8-21(17(3)4)24(20)26-22(28)15-31-25(30)18-10-12-19(13-11-18)27-14-6-9-23(27)29/h5,7-8,10-13,16-17H,6,9,14-15H2,1-4H3,(H,26,28). The zero-order chi connectivity index (χ0) is 22.5. The molecule has 6 nitrogen and oxygen atoms in total. The maximum atomic E-state index is 12.5. The number of hydrogen-bond donors (Lipinski definition) is 1. The molecule has 1 heterocycles. The second kappa shape index (κ2) is 9.77. The zero-order valence-corrected chi connectivity index (χ0v) is 18.6. The third kappa shape index (κ3) is 5.32. The average molecular weight is 423 g/mol. The maximum Gasteiger partial charge on any atom is 0.338 e. The molecule has 0 aliphatic carbocycles. The lowest BCUT2D eigenvalue weighted by Crippen LogP contribution is -2.24. The molecule has 0 radical (unpaired) electrons. The van der Waals surface area contributed by atoms with Gasteiger partial charge in [0.05, 0.1) is 5.56 Å². The van der Waals surface area contributed by atoms with E-state index in [2.05, 4.69) is 33.0 Å². The minimum Gasteiger partial charge on any atom is -0.452 e. The van der Waals surface area contributed by atoms with Gasteiger partial charge in [-0.25, -0.2) is 4.79 Å². The number of amides is 2. The van der Waals surface area contributed by atoms with Crippen molar-refractivity contribution < 1.29 is 19.1 Å². The van der Waals surface area contributed by atoms with Crippen molar-refractivity contribution in [2.45, 2.75) is 52.4 Å². The lowest BCUT2D eigenvalue weighted by atomic mass is 9.92. The summed E-state index contributed by atoms with van der Waals surface area (Å²) in [5.74, 6) is -0.358. The molecular formula is C25H30N2O4. The van der Waals surface area contributed by atoms with Crippen LogP contribution in [0.2, 0.25) is 0 Å². The Balaban J connectivity index is 1.62. The zero-order valence-electron chi connectivity index (χ0n) is 18.6. The molecule has 0 spiro atoms. The van der Waals surface area contributed by atoms with Crippen LogP contribution in [-0.4, -0.2) is 30.9 Å². The molecule has 164 valence electrons. The molecule has 0 atom stereocenters. The minimum absolute atomic E-state index is 0.0921. The number of para-hydroxylation sites is 1. The fourth-order valence-corrected chi connectivity index (χ4v) is 3.78. The van der Waals surface area contributed by atoms with Crippen molar-refractivity contribution in [3.05, 3.63) is 59.2 Å². The Bertz CT molecular complexity index is 938. The van der Waals surface area contributed by atoms with Crippen LogP contribution in [0.25, 0.3) is 0 Å². The molecule has 2 aromatic carbocycles. The summed E-state index contributed by atoms with van der Waals surface area (Å²) in [4.78, 5) is 38.4. The molecule has 3 rings (SSSR count). The van der Waals surface area contributed by atoms with E-state index in [4.69, 9.17) is 4.74 Å². The molecule has 1 aliphatic rings. The number of hydrogen-bond acceptors (Lipinski definition) is 4. The van der Waals surface area contributed by atoms with Crippen molar-refractivity contribution in [2.75, 3.05) is 23.4 Å². The van der Waals surface area contributed by atoms with Gasteiger partial charge in [0, 0.05) is 24.3 Å². The Kier molecular flexibility index (Phi) is 7.10. The van der Waals surface area contributed by atoms with Gasteiger partial charge in [-0.3, -0.25) is 9.59 Å². The van der Waals surface area contributed by atoms with Crippen LogP contribution in [0.5, 0.6) is 0 Å². The first kappa shape index (κ1) is 22.5. The van der Waals surface area contributed by atoms with Gasteiger partial charge in [0.15, 0.2) is 6.61 Å². The first-order chi connectivity index (χ1) is 14.8. The van der Waals surface area contributed by atoms with Crippen molar-refractivity contribution in [2.24, 2.45) is 0 Å². The van der Waals surface area contributed by atoms with Crippen LogP contribution in [-0.2, 0) is 14.3 Å². The molecule has 2 aromatic rings. The molecule has 1 N–H and O–H groups in total. The first-order valence-corrected chi connectivity index (χ1v) is 10.8. The highest BCUT2D eigenvalue weighted by atomic mass is 16.5. The minimum atomic E-state index is -0.573. The fourth-order valence-electron chi connectivity index (χ4n) is 3.78. The molecule has 31 heavy (non-hydrogen) atoms. The number of esters is 1. The van der Waals surface area contributed by atoms with Crippen molar-refractivity contribution in [1.29, 1.82) is 0 Å². The van der Waals surface area contributed by atoms with E-state index in [-0.39, 0.29) is 30.3 Å². The number of carbonyl (C=O) groups excluding carboxylic acids is 3. The summed E-state index contributed by atoms with van der Waals surface area (Å²) in [7, 11) is 0. The van der Waals surface area contributed by atoms with Crippen LogP contribution >= 0.6 is 0 Å². The van der Waals surface area contributed by atoms with E-state index in [9.17, 15) is 14.4 Å². The molecule has 1 saturated heterocycles. The fraction of sp³-hybridized carbons (Fsp3) is 0.400. The normalized spacial score (nSPS) is 13.7. The Morgan fingerprint density at radius 1 is 1.00 bits per heavy atom. The average Bonchev–Trinajstić information content (AvgIpc) is 3.17. The van der Waals surface area contributed by atoms with Gasteiger partial charge < -0.3 is 15.0 Å². The summed E-state index contributed by atoms with van der Waals surface area (Å²) in [5.41, 5.74) is 4.01. The van der Waals surface area contributed by atoms with Gasteiger partial charge in [-0.15, -0.1) is 0 Å². The van der Waals surface area contributed by atoms with E-state index in [1.54, 1.807) is 29.2 Å². The van der Waals surface area contributed by atoms with Crippen LogP contribution in [0.15, 0.2) is 42.5 Å². The molecular weight excluding hydrogens is 392 g/mol. The highest BCUT2D eigenvalue weighted by molar-refractivity contribution is 5.98. The van der Waals surface area contributed by atoms with Crippen molar-refractivity contribution >= 4 is 29.2 Å². The molecule has 0 unspecified atom stereocenters. The van der Waals surface area contributed by atoms with Crippen LogP contribution in [0.1, 0.15) is 73.9 Å². The van der Waals surface area contributed by atoms with Gasteiger partial charge >= 0.3 is 5.97 Å². The Labute approximate surface area is 183 Å². The number of rotatable bonds is 7. The Hall–Kier alpha value is -3.15. The molecule has 0 aromatic heterocycles. The van der Waals surface area contributed by atoms with Crippen LogP contribution in [0, 0.1) is 0 Å². The largest absolute Gasteiger partial charge is 0.452 e. The van der Waals surface area contributed by atoms with Crippen LogP contribution < -0.4 is 10.2 Å². The van der Waals surface area contributed by atoms with Gasteiger partial charge in [-0.2, -0.15) is 0 Å². The van der Waals surface area contributed by atoms with Gasteiger partial charge in [0.25, 0.3) is 5.91 Å². The highest BCUT2D eigenvalue weighted by Crippen LogP contribution is 2.32. The summed E-state index contributed by atoms with van der Waals surface area (Å²) in [5, 5.41) is 2.94. The van der Waals surface area contributed by atoms with Crippen LogP contribution in [0.4, 0.5) is 11.4 Å². The molecule has 0 saturated carbocycles. The van der Waals surface area contributed by atoms with Crippen molar-refractivity contribution in [3.63, 3.8) is 0 Å². The number of anilines is 2. The number of nitrogens with zero attached hydrogens (tertiary/aromatic N) is 1. The molecule has 2 amide bonds. The molecule has 1 fully saturated rings. The molecule has 0 bridgehead atoms. The highest BCUT2D eigenvalue weighted by Gasteiger charge is 2.22. The third-order valence-corrected chi connectivity index (χ3v) is 5.46. The SMILES string of the molecule is CC(C)c1cccc(C(C)C)c1NC(=O)COC(=O)c1ccc(N2CCCC2=O)cc1. The second-order valence-electron chi connectivity index (χ2n) is 8.44. The van der Waals surface area contributed by atoms with Crippen LogP contribution in [0.3, 0.4) is 0 Å². The van der Waals surface area contributed by atoms with E-state index in [0.29, 0.717) is 18.5 Å². The summed E-state index contributed by atoms with van der Waals surface area (Å²) in [6, 6.07) is 12.7. The Morgan fingerprint density at radius 3 is 2.13 bits per heavy atom. The summed E-state index contributed by atoms with van der Waals surface area (Å²) < 4.78 is 5.22. The van der Waals surface area contributed by atoms with E-state index in [0.717, 1.165) is 28.9 Å². The van der Waals surface area contributed by atoms with Gasteiger partial charge in [0.2, 0.25) is 5.91 Å². The lowest BCUT2D eigenvalue weighted by Gasteiger charge is -2.20. The van der Waals surface area contributed by atoms with Gasteiger partial charge in [0.1, 0.15) is 0 Å². The van der Waals surface area contributed by atoms with E-state index in [1.807, 2.05) is 18.2 Å². The number of carbonyl (C=O) groups is 3. The van der Waals surface area contributed by atoms with Crippen molar-refractivity contribution in [1.82, 2.24) is 0 Å². The topological polar surface area (TPSA) is 75.7 Å². The predicted octanol–water partition coefficient (Wildman–Crippen LogP) is 4.86. The van der Waals surface area contributed by atoms with Gasteiger partial charge in [-0.05, 0) is 53.6 Å². The number of nitrogens with one attached hydrogen (secondary N) is 1.